The topological polar surface area (TPSA) is 35.9 Å². The summed E-state index contributed by atoms with van der Waals surface area (Å²) < 4.78 is 11.6. The van der Waals surface area contributed by atoms with Crippen LogP contribution in [0.5, 0.6) is 0 Å². The predicted octanol–water partition coefficient (Wildman–Crippen LogP) is 16.4. The fourth-order valence-corrected chi connectivity index (χ4v) is 11.2. The minimum atomic E-state index is 0.643. The van der Waals surface area contributed by atoms with Gasteiger partial charge in [0.2, 0.25) is 5.89 Å². The smallest absolute Gasteiger partial charge is 0.227 e. The first kappa shape index (κ1) is 34.8. The fraction of sp³-hybridized carbons (Fsp3) is 0. The van der Waals surface area contributed by atoms with Crippen molar-refractivity contribution in [2.24, 2.45) is 0 Å². The van der Waals surface area contributed by atoms with E-state index in [1.165, 1.54) is 104 Å². The zero-order valence-electron chi connectivity index (χ0n) is 35.0. The Balaban J connectivity index is 0.880. The highest BCUT2D eigenvalue weighted by molar-refractivity contribution is 6.32. The molecule has 0 aliphatic heterocycles. The Labute approximate surface area is 372 Å². The number of fused-ring (bicyclic) bond motifs is 9. The number of hydrogen-bond acceptors (Lipinski definition) is 2. The molecule has 3 heterocycles. The van der Waals surface area contributed by atoms with E-state index in [-0.39, 0.29) is 0 Å². The molecular formula is C61H35N3O. The van der Waals surface area contributed by atoms with E-state index in [1.54, 1.807) is 0 Å². The van der Waals surface area contributed by atoms with Crippen molar-refractivity contribution < 1.29 is 4.42 Å². The van der Waals surface area contributed by atoms with Crippen molar-refractivity contribution in [3.05, 3.63) is 212 Å². The van der Waals surface area contributed by atoms with Gasteiger partial charge in [-0.15, -0.1) is 0 Å². The molecule has 3 aromatic heterocycles. The van der Waals surface area contributed by atoms with E-state index in [1.807, 2.05) is 6.07 Å². The van der Waals surface area contributed by atoms with Gasteiger partial charge in [0.25, 0.3) is 0 Å². The van der Waals surface area contributed by atoms with Crippen LogP contribution in [0.4, 0.5) is 0 Å². The van der Waals surface area contributed by atoms with Crippen molar-refractivity contribution in [2.45, 2.75) is 0 Å². The van der Waals surface area contributed by atoms with Gasteiger partial charge in [0, 0.05) is 54.7 Å². The average molecular weight is 826 g/mol. The lowest BCUT2D eigenvalue weighted by molar-refractivity contribution is 0.590. The van der Waals surface area contributed by atoms with Crippen molar-refractivity contribution in [3.8, 4) is 67.7 Å². The van der Waals surface area contributed by atoms with Crippen LogP contribution in [0.1, 0.15) is 0 Å². The molecule has 1 aliphatic carbocycles. The molecule has 300 valence electrons. The third kappa shape index (κ3) is 4.83. The predicted molar refractivity (Wildman–Crippen MR) is 270 cm³/mol. The standard InChI is InChI=1S/C61H35N3O/c1-3-12-36(13-4-1)38-14-11-15-42(32-38)61-62-59-47-28-23-37-22-27-46-53(31-26-41-35-50(60(59)65-61)58(47)57(37)56(41)46)64-52-21-10-8-19-45(52)49-34-40(25-30-55(49)64)39-24-29-54-48(33-39)44-18-7-9-20-51(44)63(54)43-16-5-2-6-17-43/h1-35H. The fourth-order valence-electron chi connectivity index (χ4n) is 11.2. The van der Waals surface area contributed by atoms with Crippen molar-refractivity contribution in [3.63, 3.8) is 0 Å². The lowest BCUT2D eigenvalue weighted by atomic mass is 9.90. The van der Waals surface area contributed by atoms with E-state index in [2.05, 4.69) is 215 Å². The zero-order valence-corrected chi connectivity index (χ0v) is 35.0. The van der Waals surface area contributed by atoms with Crippen LogP contribution in [-0.4, -0.2) is 14.1 Å². The van der Waals surface area contributed by atoms with Gasteiger partial charge in [-0.05, 0) is 117 Å². The van der Waals surface area contributed by atoms with Crippen LogP contribution >= 0.6 is 0 Å². The molecule has 4 nitrogen and oxygen atoms in total. The maximum Gasteiger partial charge on any atom is 0.227 e. The molecule has 0 bridgehead atoms. The summed E-state index contributed by atoms with van der Waals surface area (Å²) in [6.45, 7) is 0. The van der Waals surface area contributed by atoms with Crippen LogP contribution < -0.4 is 0 Å². The summed E-state index contributed by atoms with van der Waals surface area (Å²) >= 11 is 0. The van der Waals surface area contributed by atoms with Gasteiger partial charge in [0.05, 0.1) is 27.8 Å². The molecule has 65 heavy (non-hydrogen) atoms. The molecule has 4 heteroatoms. The Bertz CT molecular complexity index is 4280. The largest absolute Gasteiger partial charge is 0.435 e. The molecule has 0 radical (unpaired) electrons. The Morgan fingerprint density at radius 3 is 1.71 bits per heavy atom. The third-order valence-corrected chi connectivity index (χ3v) is 14.0. The van der Waals surface area contributed by atoms with Crippen LogP contribution in [0.15, 0.2) is 217 Å². The molecule has 11 aromatic carbocycles. The van der Waals surface area contributed by atoms with Crippen LogP contribution in [-0.2, 0) is 0 Å². The zero-order chi connectivity index (χ0) is 42.3. The van der Waals surface area contributed by atoms with Gasteiger partial charge in [0.15, 0.2) is 5.76 Å². The number of oxazole rings is 1. The van der Waals surface area contributed by atoms with Crippen molar-refractivity contribution in [2.75, 3.05) is 0 Å². The average Bonchev–Trinajstić information content (AvgIpc) is 4.12. The molecule has 0 amide bonds. The van der Waals surface area contributed by atoms with Crippen LogP contribution in [0, 0.1) is 0 Å². The Kier molecular flexibility index (Phi) is 6.92. The molecule has 0 unspecified atom stereocenters. The molecule has 0 spiro atoms. The summed E-state index contributed by atoms with van der Waals surface area (Å²) in [6.07, 6.45) is 0. The highest BCUT2D eigenvalue weighted by Gasteiger charge is 2.31. The minimum absolute atomic E-state index is 0.643. The molecule has 1 aliphatic rings. The molecule has 0 saturated carbocycles. The van der Waals surface area contributed by atoms with E-state index in [4.69, 9.17) is 9.40 Å². The van der Waals surface area contributed by atoms with E-state index in [0.717, 1.165) is 33.7 Å². The van der Waals surface area contributed by atoms with E-state index in [9.17, 15) is 0 Å². The molecule has 0 saturated heterocycles. The molecule has 15 rings (SSSR count). The Morgan fingerprint density at radius 2 is 0.938 bits per heavy atom. The van der Waals surface area contributed by atoms with Crippen LogP contribution in [0.25, 0.3) is 144 Å². The third-order valence-electron chi connectivity index (χ3n) is 14.0. The normalized spacial score (nSPS) is 12.3. The Morgan fingerprint density at radius 1 is 0.338 bits per heavy atom. The van der Waals surface area contributed by atoms with Crippen molar-refractivity contribution >= 4 is 75.9 Å². The summed E-state index contributed by atoms with van der Waals surface area (Å²) in [5.41, 5.74) is 16.0. The monoisotopic (exact) mass is 825 g/mol. The second-order valence-electron chi connectivity index (χ2n) is 17.5. The molecule has 0 N–H and O–H groups in total. The second kappa shape index (κ2) is 12.9. The molecule has 0 atom stereocenters. The number of para-hydroxylation sites is 3. The summed E-state index contributed by atoms with van der Waals surface area (Å²) in [6, 6.07) is 77.2. The highest BCUT2D eigenvalue weighted by atomic mass is 16.4. The van der Waals surface area contributed by atoms with Crippen LogP contribution in [0.3, 0.4) is 0 Å². The summed E-state index contributed by atoms with van der Waals surface area (Å²) in [4.78, 5) is 5.20. The minimum Gasteiger partial charge on any atom is -0.435 e. The number of nitrogens with zero attached hydrogens (tertiary/aromatic N) is 3. The number of rotatable bonds is 5. The summed E-state index contributed by atoms with van der Waals surface area (Å²) in [5, 5.41) is 12.4. The maximum absolute atomic E-state index is 6.76. The lowest BCUT2D eigenvalue weighted by Gasteiger charge is -2.17. The first-order valence-corrected chi connectivity index (χ1v) is 22.3. The maximum atomic E-state index is 6.76. The molecular weight excluding hydrogens is 791 g/mol. The van der Waals surface area contributed by atoms with Gasteiger partial charge in [-0.25, -0.2) is 4.98 Å². The van der Waals surface area contributed by atoms with E-state index < -0.39 is 0 Å². The highest BCUT2D eigenvalue weighted by Crippen LogP contribution is 2.53. The van der Waals surface area contributed by atoms with Gasteiger partial charge in [-0.3, -0.25) is 0 Å². The number of hydrogen-bond donors (Lipinski definition) is 0. The van der Waals surface area contributed by atoms with Crippen molar-refractivity contribution in [1.29, 1.82) is 0 Å². The van der Waals surface area contributed by atoms with Gasteiger partial charge in [-0.2, -0.15) is 0 Å². The molecule has 0 fully saturated rings. The first-order valence-electron chi connectivity index (χ1n) is 22.3. The number of benzene rings is 11. The SMILES string of the molecule is c1ccc(-c2cccc(-c3nc4c(o3)-c3cc5ccc(-n6c7ccccc7c7cc(-c8ccc9c(c8)c8ccccc8n9-c8ccccc8)ccc76)c6ccc7ccc-4c3c7c56)c2)cc1. The van der Waals surface area contributed by atoms with E-state index in [0.29, 0.717) is 5.89 Å². The van der Waals surface area contributed by atoms with Crippen LogP contribution in [0.2, 0.25) is 0 Å². The number of aromatic nitrogens is 3. The Hall–Kier alpha value is -8.73. The van der Waals surface area contributed by atoms with Gasteiger partial charge >= 0.3 is 0 Å². The van der Waals surface area contributed by atoms with Gasteiger partial charge in [-0.1, -0.05) is 140 Å². The molecule has 14 aromatic rings. The van der Waals surface area contributed by atoms with Gasteiger partial charge < -0.3 is 13.6 Å². The van der Waals surface area contributed by atoms with E-state index >= 15 is 0 Å². The second-order valence-corrected chi connectivity index (χ2v) is 17.5. The first-order chi connectivity index (χ1) is 32.2. The summed E-state index contributed by atoms with van der Waals surface area (Å²) in [7, 11) is 0. The van der Waals surface area contributed by atoms with Crippen molar-refractivity contribution in [1.82, 2.24) is 14.1 Å². The quantitative estimate of drug-likeness (QED) is 0.162. The summed E-state index contributed by atoms with van der Waals surface area (Å²) in [5.74, 6) is 1.49. The van der Waals surface area contributed by atoms with Gasteiger partial charge in [0.1, 0.15) is 5.69 Å². The lowest BCUT2D eigenvalue weighted by Crippen LogP contribution is -1.97.